The van der Waals surface area contributed by atoms with Crippen molar-refractivity contribution in [3.05, 3.63) is 52.3 Å². The standard InChI is InChI=1S/C22H31ClN4/c1-17-21(13-24-25(17)2)16-26-10-7-19(8-11-26)20-9-12-27(15-20)14-18-3-5-22(23)6-4-18/h3-6,13,19-20H,7-12,14-16H2,1-2H3. The van der Waals surface area contributed by atoms with Gasteiger partial charge in [-0.3, -0.25) is 14.5 Å². The van der Waals surface area contributed by atoms with Crippen molar-refractivity contribution in [1.82, 2.24) is 19.6 Å². The van der Waals surface area contributed by atoms with Crippen LogP contribution in [0.4, 0.5) is 0 Å². The molecule has 2 aliphatic rings. The average molecular weight is 387 g/mol. The summed E-state index contributed by atoms with van der Waals surface area (Å²) < 4.78 is 1.98. The van der Waals surface area contributed by atoms with Gasteiger partial charge in [0.25, 0.3) is 0 Å². The third-order valence-corrected chi connectivity index (χ3v) is 6.91. The summed E-state index contributed by atoms with van der Waals surface area (Å²) in [7, 11) is 2.03. The second-order valence-electron chi connectivity index (χ2n) is 8.40. The lowest BCUT2D eigenvalue weighted by atomic mass is 9.83. The number of hydrogen-bond donors (Lipinski definition) is 0. The van der Waals surface area contributed by atoms with Crippen LogP contribution in [0.15, 0.2) is 30.5 Å². The molecule has 1 unspecified atom stereocenters. The molecular weight excluding hydrogens is 356 g/mol. The van der Waals surface area contributed by atoms with E-state index in [0.29, 0.717) is 0 Å². The summed E-state index contributed by atoms with van der Waals surface area (Å²) in [6.45, 7) is 9.24. The van der Waals surface area contributed by atoms with Gasteiger partial charge in [-0.05, 0) is 75.4 Å². The van der Waals surface area contributed by atoms with E-state index in [1.54, 1.807) is 0 Å². The van der Waals surface area contributed by atoms with Gasteiger partial charge in [-0.25, -0.2) is 0 Å². The van der Waals surface area contributed by atoms with E-state index < -0.39 is 0 Å². The fourth-order valence-electron chi connectivity index (χ4n) is 4.76. The monoisotopic (exact) mass is 386 g/mol. The lowest BCUT2D eigenvalue weighted by molar-refractivity contribution is 0.141. The Balaban J connectivity index is 1.24. The Hall–Kier alpha value is -1.36. The van der Waals surface area contributed by atoms with E-state index in [4.69, 9.17) is 11.6 Å². The minimum atomic E-state index is 0.825. The minimum Gasteiger partial charge on any atom is -0.299 e. The Labute approximate surface area is 168 Å². The number of benzene rings is 1. The lowest BCUT2D eigenvalue weighted by Crippen LogP contribution is -2.36. The van der Waals surface area contributed by atoms with E-state index in [1.165, 1.54) is 62.3 Å². The quantitative estimate of drug-likeness (QED) is 0.772. The molecule has 0 spiro atoms. The van der Waals surface area contributed by atoms with Crippen molar-refractivity contribution in [2.45, 2.75) is 39.3 Å². The molecule has 3 heterocycles. The van der Waals surface area contributed by atoms with Crippen LogP contribution >= 0.6 is 11.6 Å². The van der Waals surface area contributed by atoms with Crippen LogP contribution in [0.5, 0.6) is 0 Å². The first-order valence-electron chi connectivity index (χ1n) is 10.2. The summed E-state index contributed by atoms with van der Waals surface area (Å²) in [5.41, 5.74) is 4.05. The molecule has 2 fully saturated rings. The van der Waals surface area contributed by atoms with Crippen LogP contribution < -0.4 is 0 Å². The molecular formula is C22H31ClN4. The van der Waals surface area contributed by atoms with Crippen LogP contribution in [-0.2, 0) is 20.1 Å². The van der Waals surface area contributed by atoms with Crippen molar-refractivity contribution in [3.63, 3.8) is 0 Å². The van der Waals surface area contributed by atoms with E-state index in [2.05, 4.69) is 34.0 Å². The molecule has 0 bridgehead atoms. The lowest BCUT2D eigenvalue weighted by Gasteiger charge is -2.34. The number of likely N-dealkylation sites (tertiary alicyclic amines) is 2. The highest BCUT2D eigenvalue weighted by Gasteiger charge is 2.32. The molecule has 1 aromatic carbocycles. The van der Waals surface area contributed by atoms with Crippen LogP contribution in [-0.4, -0.2) is 45.8 Å². The number of halogens is 1. The van der Waals surface area contributed by atoms with Gasteiger partial charge in [0, 0.05) is 43.0 Å². The third-order valence-electron chi connectivity index (χ3n) is 6.66. The molecule has 2 aromatic rings. The fourth-order valence-corrected chi connectivity index (χ4v) is 4.89. The molecule has 2 aliphatic heterocycles. The Bertz CT molecular complexity index is 746. The zero-order valence-electron chi connectivity index (χ0n) is 16.6. The van der Waals surface area contributed by atoms with E-state index in [-0.39, 0.29) is 0 Å². The third kappa shape index (κ3) is 4.56. The number of aromatic nitrogens is 2. The largest absolute Gasteiger partial charge is 0.299 e. The number of aryl methyl sites for hydroxylation is 1. The van der Waals surface area contributed by atoms with Crippen molar-refractivity contribution in [2.24, 2.45) is 18.9 Å². The maximum atomic E-state index is 6.00. The first kappa shape index (κ1) is 19.0. The average Bonchev–Trinajstić information content (AvgIpc) is 3.26. The second kappa shape index (κ2) is 8.34. The van der Waals surface area contributed by atoms with Crippen LogP contribution in [0.3, 0.4) is 0 Å². The van der Waals surface area contributed by atoms with E-state index in [9.17, 15) is 0 Å². The molecule has 2 saturated heterocycles. The van der Waals surface area contributed by atoms with Gasteiger partial charge in [0.05, 0.1) is 6.20 Å². The van der Waals surface area contributed by atoms with Gasteiger partial charge in [-0.15, -0.1) is 0 Å². The number of hydrogen-bond acceptors (Lipinski definition) is 3. The van der Waals surface area contributed by atoms with Gasteiger partial charge < -0.3 is 0 Å². The second-order valence-corrected chi connectivity index (χ2v) is 8.84. The Morgan fingerprint density at radius 2 is 1.63 bits per heavy atom. The van der Waals surface area contributed by atoms with Gasteiger partial charge in [0.15, 0.2) is 0 Å². The molecule has 27 heavy (non-hydrogen) atoms. The number of rotatable bonds is 5. The van der Waals surface area contributed by atoms with Crippen LogP contribution in [0.2, 0.25) is 5.02 Å². The van der Waals surface area contributed by atoms with Crippen molar-refractivity contribution in [1.29, 1.82) is 0 Å². The van der Waals surface area contributed by atoms with Crippen molar-refractivity contribution in [2.75, 3.05) is 26.2 Å². The van der Waals surface area contributed by atoms with Crippen LogP contribution in [0.25, 0.3) is 0 Å². The maximum absolute atomic E-state index is 6.00. The minimum absolute atomic E-state index is 0.825. The zero-order chi connectivity index (χ0) is 18.8. The van der Waals surface area contributed by atoms with Crippen LogP contribution in [0.1, 0.15) is 36.1 Å². The first-order valence-corrected chi connectivity index (χ1v) is 10.6. The van der Waals surface area contributed by atoms with E-state index >= 15 is 0 Å². The zero-order valence-corrected chi connectivity index (χ0v) is 17.3. The van der Waals surface area contributed by atoms with Gasteiger partial charge in [-0.2, -0.15) is 5.10 Å². The summed E-state index contributed by atoms with van der Waals surface area (Å²) in [6, 6.07) is 8.33. The number of piperidine rings is 1. The van der Waals surface area contributed by atoms with Crippen molar-refractivity contribution >= 4 is 11.6 Å². The highest BCUT2D eigenvalue weighted by molar-refractivity contribution is 6.30. The van der Waals surface area contributed by atoms with Crippen molar-refractivity contribution in [3.8, 4) is 0 Å². The SMILES string of the molecule is Cc1c(CN2CCC(C3CCN(Cc4ccc(Cl)cc4)C3)CC2)cnn1C. The van der Waals surface area contributed by atoms with Gasteiger partial charge in [-0.1, -0.05) is 23.7 Å². The summed E-state index contributed by atoms with van der Waals surface area (Å²) >= 11 is 6.00. The summed E-state index contributed by atoms with van der Waals surface area (Å²) in [6.07, 6.45) is 6.09. The molecule has 1 aromatic heterocycles. The topological polar surface area (TPSA) is 24.3 Å². The molecule has 146 valence electrons. The highest BCUT2D eigenvalue weighted by atomic mass is 35.5. The molecule has 0 radical (unpaired) electrons. The molecule has 0 saturated carbocycles. The summed E-state index contributed by atoms with van der Waals surface area (Å²) in [5, 5.41) is 5.21. The molecule has 5 heteroatoms. The van der Waals surface area contributed by atoms with E-state index in [0.717, 1.165) is 29.9 Å². The normalized spacial score (nSPS) is 22.6. The predicted molar refractivity (Wildman–Crippen MR) is 111 cm³/mol. The Morgan fingerprint density at radius 3 is 2.30 bits per heavy atom. The van der Waals surface area contributed by atoms with E-state index in [1.807, 2.05) is 30.1 Å². The Kier molecular flexibility index (Phi) is 5.86. The summed E-state index contributed by atoms with van der Waals surface area (Å²) in [4.78, 5) is 5.24. The molecule has 0 N–H and O–H groups in total. The van der Waals surface area contributed by atoms with Gasteiger partial charge in [0.1, 0.15) is 0 Å². The molecule has 0 amide bonds. The predicted octanol–water partition coefficient (Wildman–Crippen LogP) is 4.12. The molecule has 0 aliphatic carbocycles. The maximum Gasteiger partial charge on any atom is 0.0537 e. The number of nitrogens with zero attached hydrogens (tertiary/aromatic N) is 4. The van der Waals surface area contributed by atoms with Gasteiger partial charge >= 0.3 is 0 Å². The van der Waals surface area contributed by atoms with Crippen LogP contribution in [0, 0.1) is 18.8 Å². The van der Waals surface area contributed by atoms with Gasteiger partial charge in [0.2, 0.25) is 0 Å². The van der Waals surface area contributed by atoms with Crippen molar-refractivity contribution < 1.29 is 0 Å². The first-order chi connectivity index (χ1) is 13.1. The summed E-state index contributed by atoms with van der Waals surface area (Å²) in [5.74, 6) is 1.77. The molecule has 4 nitrogen and oxygen atoms in total. The molecule has 1 atom stereocenters. The molecule has 4 rings (SSSR count). The highest BCUT2D eigenvalue weighted by Crippen LogP contribution is 2.33. The smallest absolute Gasteiger partial charge is 0.0537 e. The fraction of sp³-hybridized carbons (Fsp3) is 0.591. The Morgan fingerprint density at radius 1 is 0.963 bits per heavy atom.